The Morgan fingerprint density at radius 3 is 2.73 bits per heavy atom. The minimum Gasteiger partial charge on any atom is -0.497 e. The number of nitriles is 1. The summed E-state index contributed by atoms with van der Waals surface area (Å²) in [4.78, 5) is 38.8. The molecule has 1 N–H and O–H groups in total. The molecule has 2 amide bonds. The normalized spacial score (nSPS) is 16.5. The Morgan fingerprint density at radius 2 is 2.00 bits per heavy atom. The van der Waals surface area contributed by atoms with E-state index in [1.54, 1.807) is 48.5 Å². The predicted octanol–water partition coefficient (Wildman–Crippen LogP) is 2.49. The first kappa shape index (κ1) is 20.9. The number of anilines is 2. The number of ether oxygens (including phenoxy) is 2. The van der Waals surface area contributed by atoms with E-state index in [9.17, 15) is 14.4 Å². The molecule has 0 aromatic heterocycles. The first-order valence-electron chi connectivity index (χ1n) is 9.38. The first-order chi connectivity index (χ1) is 14.4. The van der Waals surface area contributed by atoms with E-state index in [-0.39, 0.29) is 18.9 Å². The van der Waals surface area contributed by atoms with E-state index < -0.39 is 23.9 Å². The van der Waals surface area contributed by atoms with E-state index in [1.807, 2.05) is 6.07 Å². The Kier molecular flexibility index (Phi) is 6.32. The number of para-hydroxylation sites is 1. The molecule has 30 heavy (non-hydrogen) atoms. The smallest absolute Gasteiger partial charge is 0.312 e. The van der Waals surface area contributed by atoms with Crippen molar-refractivity contribution in [1.29, 1.82) is 5.26 Å². The Morgan fingerprint density at radius 1 is 1.23 bits per heavy atom. The van der Waals surface area contributed by atoms with Crippen LogP contribution in [0.4, 0.5) is 11.4 Å². The van der Waals surface area contributed by atoms with Gasteiger partial charge in [0.2, 0.25) is 5.91 Å². The van der Waals surface area contributed by atoms with E-state index >= 15 is 0 Å². The molecule has 1 aliphatic heterocycles. The van der Waals surface area contributed by atoms with Crippen LogP contribution in [0.25, 0.3) is 0 Å². The van der Waals surface area contributed by atoms with Gasteiger partial charge in [-0.25, -0.2) is 0 Å². The highest BCUT2D eigenvalue weighted by Gasteiger charge is 2.37. The molecule has 0 saturated carbocycles. The molecule has 8 nitrogen and oxygen atoms in total. The van der Waals surface area contributed by atoms with Crippen LogP contribution in [-0.2, 0) is 19.1 Å². The topological polar surface area (TPSA) is 109 Å². The number of rotatable bonds is 6. The monoisotopic (exact) mass is 407 g/mol. The highest BCUT2D eigenvalue weighted by Crippen LogP contribution is 2.28. The van der Waals surface area contributed by atoms with Gasteiger partial charge >= 0.3 is 5.97 Å². The van der Waals surface area contributed by atoms with Gasteiger partial charge in [0.1, 0.15) is 11.8 Å². The number of hydrogen-bond acceptors (Lipinski definition) is 6. The number of nitrogens with zero attached hydrogens (tertiary/aromatic N) is 2. The third kappa shape index (κ3) is 4.58. The highest BCUT2D eigenvalue weighted by atomic mass is 16.5. The van der Waals surface area contributed by atoms with Crippen LogP contribution >= 0.6 is 0 Å². The van der Waals surface area contributed by atoms with Crippen molar-refractivity contribution in [2.24, 2.45) is 5.92 Å². The summed E-state index contributed by atoms with van der Waals surface area (Å²) in [5.74, 6) is -1.45. The fraction of sp³-hybridized carbons (Fsp3) is 0.273. The molecule has 1 aliphatic rings. The molecular weight excluding hydrogens is 386 g/mol. The third-order valence-electron chi connectivity index (χ3n) is 4.79. The van der Waals surface area contributed by atoms with Gasteiger partial charge in [0, 0.05) is 24.7 Å². The molecule has 1 saturated heterocycles. The van der Waals surface area contributed by atoms with Crippen LogP contribution in [-0.4, -0.2) is 37.5 Å². The summed E-state index contributed by atoms with van der Waals surface area (Å²) < 4.78 is 10.5. The number of methoxy groups -OCH3 is 1. The standard InChI is InChI=1S/C22H21N3O5/c1-14(21(27)24-19-9-4-3-6-15(19)12-23)30-22(28)16-10-20(26)25(13-16)17-7-5-8-18(11-17)29-2/h3-9,11,14,16H,10,13H2,1-2H3,(H,24,27). The third-order valence-corrected chi connectivity index (χ3v) is 4.79. The van der Waals surface area contributed by atoms with Crippen molar-refractivity contribution in [3.8, 4) is 11.8 Å². The number of amides is 2. The SMILES string of the molecule is COc1cccc(N2CC(C(=O)OC(C)C(=O)Nc3ccccc3C#N)CC2=O)c1. The molecule has 0 radical (unpaired) electrons. The van der Waals surface area contributed by atoms with Crippen molar-refractivity contribution >= 4 is 29.2 Å². The molecule has 8 heteroatoms. The Bertz CT molecular complexity index is 1010. The minimum atomic E-state index is -1.08. The number of nitrogens with one attached hydrogen (secondary N) is 1. The summed E-state index contributed by atoms with van der Waals surface area (Å²) in [5, 5.41) is 11.7. The van der Waals surface area contributed by atoms with Crippen LogP contribution in [0.1, 0.15) is 18.9 Å². The molecule has 0 spiro atoms. The molecule has 0 bridgehead atoms. The number of hydrogen-bond donors (Lipinski definition) is 1. The zero-order valence-electron chi connectivity index (χ0n) is 16.6. The lowest BCUT2D eigenvalue weighted by Crippen LogP contribution is -2.33. The maximum absolute atomic E-state index is 12.5. The molecule has 1 heterocycles. The number of esters is 1. The van der Waals surface area contributed by atoms with Gasteiger partial charge in [-0.3, -0.25) is 14.4 Å². The van der Waals surface area contributed by atoms with Gasteiger partial charge in [0.05, 0.1) is 24.3 Å². The van der Waals surface area contributed by atoms with Gasteiger partial charge in [-0.2, -0.15) is 5.26 Å². The van der Waals surface area contributed by atoms with Gasteiger partial charge in [-0.05, 0) is 31.2 Å². The van der Waals surface area contributed by atoms with Crippen molar-refractivity contribution in [2.75, 3.05) is 23.9 Å². The lowest BCUT2D eigenvalue weighted by molar-refractivity contribution is -0.157. The van der Waals surface area contributed by atoms with E-state index in [2.05, 4.69) is 5.32 Å². The summed E-state index contributed by atoms with van der Waals surface area (Å²) in [6.07, 6.45) is -1.08. The predicted molar refractivity (Wildman–Crippen MR) is 109 cm³/mol. The van der Waals surface area contributed by atoms with E-state index in [0.717, 1.165) is 0 Å². The van der Waals surface area contributed by atoms with Crippen LogP contribution in [0, 0.1) is 17.2 Å². The second-order valence-electron chi connectivity index (χ2n) is 6.83. The largest absolute Gasteiger partial charge is 0.497 e. The van der Waals surface area contributed by atoms with Crippen LogP contribution in [0.2, 0.25) is 0 Å². The number of carbonyl (C=O) groups is 3. The quantitative estimate of drug-likeness (QED) is 0.737. The molecule has 2 aromatic rings. The van der Waals surface area contributed by atoms with E-state index in [4.69, 9.17) is 14.7 Å². The first-order valence-corrected chi connectivity index (χ1v) is 9.38. The van der Waals surface area contributed by atoms with Crippen LogP contribution in [0.3, 0.4) is 0 Å². The summed E-state index contributed by atoms with van der Waals surface area (Å²) in [7, 11) is 1.53. The van der Waals surface area contributed by atoms with Crippen molar-refractivity contribution in [1.82, 2.24) is 0 Å². The van der Waals surface area contributed by atoms with Gasteiger partial charge in [0.25, 0.3) is 5.91 Å². The van der Waals surface area contributed by atoms with Gasteiger partial charge in [0.15, 0.2) is 6.10 Å². The summed E-state index contributed by atoms with van der Waals surface area (Å²) in [6.45, 7) is 1.61. The van der Waals surface area contributed by atoms with E-state index in [1.165, 1.54) is 18.9 Å². The lowest BCUT2D eigenvalue weighted by Gasteiger charge is -2.18. The van der Waals surface area contributed by atoms with Crippen molar-refractivity contribution in [3.05, 3.63) is 54.1 Å². The Balaban J connectivity index is 1.61. The van der Waals surface area contributed by atoms with Gasteiger partial charge in [-0.15, -0.1) is 0 Å². The Labute approximate surface area is 174 Å². The van der Waals surface area contributed by atoms with Gasteiger partial charge in [-0.1, -0.05) is 18.2 Å². The fourth-order valence-electron chi connectivity index (χ4n) is 3.14. The molecule has 1 fully saturated rings. The van der Waals surface area contributed by atoms with Gasteiger partial charge < -0.3 is 19.7 Å². The summed E-state index contributed by atoms with van der Waals surface area (Å²) >= 11 is 0. The lowest BCUT2D eigenvalue weighted by atomic mass is 10.1. The molecule has 3 rings (SSSR count). The molecule has 2 atom stereocenters. The number of carbonyl (C=O) groups excluding carboxylic acids is 3. The van der Waals surface area contributed by atoms with Crippen molar-refractivity contribution in [3.63, 3.8) is 0 Å². The van der Waals surface area contributed by atoms with Crippen LogP contribution in [0.15, 0.2) is 48.5 Å². The average molecular weight is 407 g/mol. The summed E-state index contributed by atoms with van der Waals surface area (Å²) in [6, 6.07) is 15.5. The second-order valence-corrected chi connectivity index (χ2v) is 6.83. The fourth-order valence-corrected chi connectivity index (χ4v) is 3.14. The Hall–Kier alpha value is -3.86. The maximum Gasteiger partial charge on any atom is 0.312 e. The number of benzene rings is 2. The molecule has 2 aromatic carbocycles. The molecule has 154 valence electrons. The van der Waals surface area contributed by atoms with E-state index in [0.29, 0.717) is 22.7 Å². The highest BCUT2D eigenvalue weighted by molar-refractivity contribution is 6.00. The van der Waals surface area contributed by atoms with Crippen molar-refractivity contribution in [2.45, 2.75) is 19.4 Å². The van der Waals surface area contributed by atoms with Crippen molar-refractivity contribution < 1.29 is 23.9 Å². The molecular formula is C22H21N3O5. The second kappa shape index (κ2) is 9.09. The zero-order chi connectivity index (χ0) is 21.7. The molecule has 0 aliphatic carbocycles. The minimum absolute atomic E-state index is 0.00163. The average Bonchev–Trinajstić information content (AvgIpc) is 3.15. The summed E-state index contributed by atoms with van der Waals surface area (Å²) in [5.41, 5.74) is 1.28. The maximum atomic E-state index is 12.5. The molecule has 2 unspecified atom stereocenters. The van der Waals surface area contributed by atoms with Crippen LogP contribution < -0.4 is 15.0 Å². The van der Waals surface area contributed by atoms with Crippen LogP contribution in [0.5, 0.6) is 5.75 Å². The zero-order valence-corrected chi connectivity index (χ0v) is 16.6.